The van der Waals surface area contributed by atoms with Crippen LogP contribution in [0.5, 0.6) is 11.5 Å². The van der Waals surface area contributed by atoms with Crippen LogP contribution in [-0.4, -0.2) is 18.3 Å². The van der Waals surface area contributed by atoms with Crippen LogP contribution < -0.4 is 10.5 Å². The van der Waals surface area contributed by atoms with Crippen LogP contribution in [0.25, 0.3) is 0 Å². The van der Waals surface area contributed by atoms with Gasteiger partial charge in [-0.3, -0.25) is 0 Å². The molecular formula is C11H17NO2. The number of phenolic OH excluding ortho intramolecular Hbond substituents is 1. The molecule has 0 bridgehead atoms. The molecule has 0 aliphatic carbocycles. The van der Waals surface area contributed by atoms with E-state index in [-0.39, 0.29) is 5.75 Å². The Kier molecular flexibility index (Phi) is 3.77. The summed E-state index contributed by atoms with van der Waals surface area (Å²) >= 11 is 0. The number of hydrogen-bond acceptors (Lipinski definition) is 3. The molecule has 0 spiro atoms. The van der Waals surface area contributed by atoms with Gasteiger partial charge >= 0.3 is 0 Å². The van der Waals surface area contributed by atoms with Crippen molar-refractivity contribution in [2.24, 2.45) is 11.7 Å². The van der Waals surface area contributed by atoms with E-state index in [1.54, 1.807) is 12.1 Å². The van der Waals surface area contributed by atoms with Gasteiger partial charge in [-0.1, -0.05) is 13.0 Å². The summed E-state index contributed by atoms with van der Waals surface area (Å²) in [4.78, 5) is 0. The highest BCUT2D eigenvalue weighted by Gasteiger charge is 2.05. The molecule has 1 aromatic carbocycles. The van der Waals surface area contributed by atoms with Crippen molar-refractivity contribution in [3.05, 3.63) is 23.8 Å². The molecule has 1 atom stereocenters. The molecule has 0 radical (unpaired) electrons. The maximum atomic E-state index is 9.42. The first kappa shape index (κ1) is 10.9. The molecule has 0 aliphatic heterocycles. The second-order valence-corrected chi connectivity index (χ2v) is 3.55. The lowest BCUT2D eigenvalue weighted by Gasteiger charge is -2.13. The van der Waals surface area contributed by atoms with E-state index in [0.29, 0.717) is 19.1 Å². The molecule has 3 heteroatoms. The van der Waals surface area contributed by atoms with Crippen molar-refractivity contribution in [3.63, 3.8) is 0 Å². The number of ether oxygens (including phenoxy) is 1. The molecule has 0 saturated carbocycles. The van der Waals surface area contributed by atoms with E-state index < -0.39 is 0 Å². The van der Waals surface area contributed by atoms with Gasteiger partial charge in [-0.2, -0.15) is 0 Å². The smallest absolute Gasteiger partial charge is 0.125 e. The van der Waals surface area contributed by atoms with Gasteiger partial charge in [0.05, 0.1) is 6.61 Å². The van der Waals surface area contributed by atoms with Crippen LogP contribution in [-0.2, 0) is 0 Å². The predicted molar refractivity (Wildman–Crippen MR) is 56.6 cm³/mol. The Morgan fingerprint density at radius 3 is 2.86 bits per heavy atom. The Hall–Kier alpha value is -1.22. The largest absolute Gasteiger partial charge is 0.508 e. The van der Waals surface area contributed by atoms with Gasteiger partial charge in [-0.15, -0.1) is 0 Å². The lowest BCUT2D eigenvalue weighted by molar-refractivity contribution is 0.261. The van der Waals surface area contributed by atoms with E-state index in [2.05, 4.69) is 0 Å². The fraction of sp³-hybridized carbons (Fsp3) is 0.455. The summed E-state index contributed by atoms with van der Waals surface area (Å²) < 4.78 is 5.53. The van der Waals surface area contributed by atoms with Crippen molar-refractivity contribution < 1.29 is 9.84 Å². The molecular weight excluding hydrogens is 178 g/mol. The topological polar surface area (TPSA) is 55.5 Å². The van der Waals surface area contributed by atoms with E-state index in [4.69, 9.17) is 10.5 Å². The molecule has 14 heavy (non-hydrogen) atoms. The Bertz CT molecular complexity index is 299. The van der Waals surface area contributed by atoms with E-state index >= 15 is 0 Å². The van der Waals surface area contributed by atoms with Crippen LogP contribution in [0.3, 0.4) is 0 Å². The number of nitrogens with two attached hydrogens (primary N) is 1. The summed E-state index contributed by atoms with van der Waals surface area (Å²) in [5, 5.41) is 9.42. The third-order valence-electron chi connectivity index (χ3n) is 2.18. The van der Waals surface area contributed by atoms with Gasteiger partial charge in [0.15, 0.2) is 0 Å². The first-order valence-corrected chi connectivity index (χ1v) is 4.76. The van der Waals surface area contributed by atoms with Gasteiger partial charge in [0.2, 0.25) is 0 Å². The Morgan fingerprint density at radius 2 is 2.21 bits per heavy atom. The highest BCUT2D eigenvalue weighted by Crippen LogP contribution is 2.26. The van der Waals surface area contributed by atoms with Crippen molar-refractivity contribution >= 4 is 0 Å². The van der Waals surface area contributed by atoms with E-state index in [1.807, 2.05) is 19.9 Å². The molecule has 1 unspecified atom stereocenters. The number of phenols is 1. The van der Waals surface area contributed by atoms with Gasteiger partial charge in [0.1, 0.15) is 11.5 Å². The third-order valence-corrected chi connectivity index (χ3v) is 2.18. The van der Waals surface area contributed by atoms with Gasteiger partial charge in [-0.05, 0) is 25.6 Å². The molecule has 0 aromatic heterocycles. The summed E-state index contributed by atoms with van der Waals surface area (Å²) in [6.45, 7) is 5.05. The average Bonchev–Trinajstić information content (AvgIpc) is 2.20. The van der Waals surface area contributed by atoms with Crippen LogP contribution in [0.4, 0.5) is 0 Å². The maximum Gasteiger partial charge on any atom is 0.125 e. The van der Waals surface area contributed by atoms with Crippen LogP contribution >= 0.6 is 0 Å². The fourth-order valence-corrected chi connectivity index (χ4v) is 1.06. The molecule has 0 heterocycles. The summed E-state index contributed by atoms with van der Waals surface area (Å²) in [6, 6.07) is 5.26. The maximum absolute atomic E-state index is 9.42. The minimum atomic E-state index is 0.267. The highest BCUT2D eigenvalue weighted by atomic mass is 16.5. The number of benzene rings is 1. The minimum Gasteiger partial charge on any atom is -0.508 e. The van der Waals surface area contributed by atoms with E-state index in [1.165, 1.54) is 0 Å². The van der Waals surface area contributed by atoms with Crippen molar-refractivity contribution in [2.45, 2.75) is 13.8 Å². The van der Waals surface area contributed by atoms with Crippen LogP contribution in [0, 0.1) is 12.8 Å². The van der Waals surface area contributed by atoms with Crippen molar-refractivity contribution in [3.8, 4) is 11.5 Å². The average molecular weight is 195 g/mol. The Morgan fingerprint density at radius 1 is 1.50 bits per heavy atom. The minimum absolute atomic E-state index is 0.267. The van der Waals surface area contributed by atoms with E-state index in [0.717, 1.165) is 11.3 Å². The van der Waals surface area contributed by atoms with Gasteiger partial charge in [0.25, 0.3) is 0 Å². The Labute approximate surface area is 84.5 Å². The van der Waals surface area contributed by atoms with Crippen molar-refractivity contribution in [1.82, 2.24) is 0 Å². The molecule has 1 rings (SSSR count). The van der Waals surface area contributed by atoms with Gasteiger partial charge < -0.3 is 15.6 Å². The molecule has 0 amide bonds. The summed E-state index contributed by atoms with van der Waals surface area (Å²) in [5.41, 5.74) is 6.25. The molecule has 1 aromatic rings. The second-order valence-electron chi connectivity index (χ2n) is 3.55. The first-order chi connectivity index (χ1) is 6.65. The quantitative estimate of drug-likeness (QED) is 0.768. The fourth-order valence-electron chi connectivity index (χ4n) is 1.06. The monoisotopic (exact) mass is 195 g/mol. The summed E-state index contributed by atoms with van der Waals surface area (Å²) in [7, 11) is 0. The second kappa shape index (κ2) is 4.86. The third kappa shape index (κ3) is 2.64. The van der Waals surface area contributed by atoms with Crippen LogP contribution in [0.15, 0.2) is 18.2 Å². The lowest BCUT2D eigenvalue weighted by Crippen LogP contribution is -2.18. The molecule has 0 aliphatic rings. The summed E-state index contributed by atoms with van der Waals surface area (Å²) in [6.07, 6.45) is 0. The molecule has 3 N–H and O–H groups in total. The van der Waals surface area contributed by atoms with Crippen molar-refractivity contribution in [1.29, 1.82) is 0 Å². The zero-order valence-corrected chi connectivity index (χ0v) is 8.66. The SMILES string of the molecule is Cc1c(O)cccc1OCC(C)CN. The number of hydrogen-bond donors (Lipinski definition) is 2. The lowest BCUT2D eigenvalue weighted by atomic mass is 10.2. The predicted octanol–water partition coefficient (Wildman–Crippen LogP) is 1.67. The van der Waals surface area contributed by atoms with Gasteiger partial charge in [-0.25, -0.2) is 0 Å². The molecule has 0 fully saturated rings. The van der Waals surface area contributed by atoms with Crippen LogP contribution in [0.1, 0.15) is 12.5 Å². The zero-order valence-electron chi connectivity index (χ0n) is 8.66. The summed E-state index contributed by atoms with van der Waals surface area (Å²) in [5.74, 6) is 1.32. The number of aromatic hydroxyl groups is 1. The number of rotatable bonds is 4. The van der Waals surface area contributed by atoms with Crippen LogP contribution in [0.2, 0.25) is 0 Å². The molecule has 3 nitrogen and oxygen atoms in total. The highest BCUT2D eigenvalue weighted by molar-refractivity contribution is 5.42. The van der Waals surface area contributed by atoms with E-state index in [9.17, 15) is 5.11 Å². The normalized spacial score (nSPS) is 12.5. The standard InChI is InChI=1S/C11H17NO2/c1-8(6-12)7-14-11-5-3-4-10(13)9(11)2/h3-5,8,13H,6-7,12H2,1-2H3. The first-order valence-electron chi connectivity index (χ1n) is 4.76. The molecule has 0 saturated heterocycles. The zero-order chi connectivity index (χ0) is 10.6. The Balaban J connectivity index is 2.63. The van der Waals surface area contributed by atoms with Crippen molar-refractivity contribution in [2.75, 3.05) is 13.2 Å². The van der Waals surface area contributed by atoms with Gasteiger partial charge in [0, 0.05) is 11.5 Å². The molecule has 78 valence electrons.